The van der Waals surface area contributed by atoms with E-state index in [9.17, 15) is 0 Å². The van der Waals surface area contributed by atoms with Crippen molar-refractivity contribution in [1.29, 1.82) is 0 Å². The third-order valence-electron chi connectivity index (χ3n) is 3.55. The van der Waals surface area contributed by atoms with E-state index in [-0.39, 0.29) is 0 Å². The molecule has 1 heterocycles. The summed E-state index contributed by atoms with van der Waals surface area (Å²) in [5, 5.41) is 8.28. The Kier molecular flexibility index (Phi) is 3.89. The summed E-state index contributed by atoms with van der Waals surface area (Å²) in [7, 11) is 0. The lowest BCUT2D eigenvalue weighted by molar-refractivity contribution is 0.341. The number of thioether (sulfide) groups is 1. The molecule has 1 aromatic carbocycles. The fraction of sp³-hybridized carbons (Fsp3) is 0.400. The summed E-state index contributed by atoms with van der Waals surface area (Å²) in [6.45, 7) is 2.85. The quantitative estimate of drug-likeness (QED) is 0.907. The number of aromatic nitrogens is 1. The van der Waals surface area contributed by atoms with Crippen molar-refractivity contribution in [3.8, 4) is 0 Å². The van der Waals surface area contributed by atoms with E-state index in [1.165, 1.54) is 17.7 Å². The first-order valence-corrected chi connectivity index (χ1v) is 7.54. The van der Waals surface area contributed by atoms with E-state index in [4.69, 9.17) is 4.52 Å². The second-order valence-corrected chi connectivity index (χ2v) is 6.42. The van der Waals surface area contributed by atoms with Crippen molar-refractivity contribution in [2.24, 2.45) is 0 Å². The number of aryl methyl sites for hydroxylation is 1. The number of nitrogens with zero attached hydrogens (tertiary/aromatic N) is 1. The minimum Gasteiger partial charge on any atom is -0.364 e. The Morgan fingerprint density at radius 2 is 2.11 bits per heavy atom. The monoisotopic (exact) mass is 274 g/mol. The lowest BCUT2D eigenvalue weighted by Gasteiger charge is -2.35. The van der Waals surface area contributed by atoms with Crippen molar-refractivity contribution in [2.75, 3.05) is 0 Å². The third-order valence-corrected chi connectivity index (χ3v) is 4.81. The van der Waals surface area contributed by atoms with E-state index in [2.05, 4.69) is 40.8 Å². The number of hydrogen-bond donors (Lipinski definition) is 1. The molecule has 4 heteroatoms. The molecule has 1 saturated carbocycles. The summed E-state index contributed by atoms with van der Waals surface area (Å²) in [6, 6.07) is 11.3. The van der Waals surface area contributed by atoms with Crippen LogP contribution < -0.4 is 5.32 Å². The smallest absolute Gasteiger partial charge is 0.127 e. The largest absolute Gasteiger partial charge is 0.364 e. The van der Waals surface area contributed by atoms with Gasteiger partial charge in [-0.15, -0.1) is 11.8 Å². The first-order valence-electron chi connectivity index (χ1n) is 6.66. The highest BCUT2D eigenvalue weighted by Crippen LogP contribution is 2.36. The van der Waals surface area contributed by atoms with Gasteiger partial charge in [0.1, 0.15) is 12.0 Å². The zero-order valence-electron chi connectivity index (χ0n) is 11.0. The van der Waals surface area contributed by atoms with Crippen molar-refractivity contribution in [3.05, 3.63) is 47.9 Å². The Balaban J connectivity index is 1.40. The lowest BCUT2D eigenvalue weighted by atomic mass is 9.92. The van der Waals surface area contributed by atoms with Crippen molar-refractivity contribution in [3.63, 3.8) is 0 Å². The van der Waals surface area contributed by atoms with Gasteiger partial charge >= 0.3 is 0 Å². The van der Waals surface area contributed by atoms with Crippen LogP contribution in [0.3, 0.4) is 0 Å². The van der Waals surface area contributed by atoms with Crippen molar-refractivity contribution < 1.29 is 4.52 Å². The highest BCUT2D eigenvalue weighted by molar-refractivity contribution is 8.00. The SMILES string of the molecule is Cc1conc1CNC1CC(Sc2ccccc2)C1. The summed E-state index contributed by atoms with van der Waals surface area (Å²) in [4.78, 5) is 1.37. The molecule has 0 aliphatic heterocycles. The maximum Gasteiger partial charge on any atom is 0.127 e. The number of nitrogens with one attached hydrogen (secondary N) is 1. The summed E-state index contributed by atoms with van der Waals surface area (Å²) in [5.41, 5.74) is 2.15. The second-order valence-electron chi connectivity index (χ2n) is 5.05. The molecule has 2 aromatic rings. The minimum absolute atomic E-state index is 0.623. The maximum atomic E-state index is 4.94. The Labute approximate surface area is 117 Å². The van der Waals surface area contributed by atoms with Gasteiger partial charge in [-0.2, -0.15) is 0 Å². The zero-order valence-corrected chi connectivity index (χ0v) is 11.8. The molecule has 0 saturated heterocycles. The molecular weight excluding hydrogens is 256 g/mol. The Morgan fingerprint density at radius 3 is 2.79 bits per heavy atom. The van der Waals surface area contributed by atoms with Crippen LogP contribution in [-0.4, -0.2) is 16.4 Å². The first kappa shape index (κ1) is 12.8. The maximum absolute atomic E-state index is 4.94. The fourth-order valence-corrected chi connectivity index (χ4v) is 3.60. The van der Waals surface area contributed by atoms with Gasteiger partial charge in [-0.25, -0.2) is 0 Å². The topological polar surface area (TPSA) is 38.1 Å². The van der Waals surface area contributed by atoms with Crippen LogP contribution in [0.4, 0.5) is 0 Å². The van der Waals surface area contributed by atoms with Gasteiger partial charge in [-0.05, 0) is 31.9 Å². The second kappa shape index (κ2) is 5.80. The Hall–Kier alpha value is -1.26. The molecule has 1 fully saturated rings. The average molecular weight is 274 g/mol. The highest BCUT2D eigenvalue weighted by Gasteiger charge is 2.29. The molecule has 0 amide bonds. The molecule has 0 radical (unpaired) electrons. The van der Waals surface area contributed by atoms with Crippen molar-refractivity contribution in [2.45, 2.75) is 42.5 Å². The molecule has 1 aliphatic carbocycles. The number of hydrogen-bond acceptors (Lipinski definition) is 4. The van der Waals surface area contributed by atoms with E-state index < -0.39 is 0 Å². The molecule has 0 atom stereocenters. The molecule has 1 aromatic heterocycles. The van der Waals surface area contributed by atoms with Crippen LogP contribution in [0.1, 0.15) is 24.1 Å². The molecule has 0 spiro atoms. The Bertz CT molecular complexity index is 520. The summed E-state index contributed by atoms with van der Waals surface area (Å²) >= 11 is 1.99. The first-order chi connectivity index (χ1) is 9.31. The van der Waals surface area contributed by atoms with Crippen LogP contribution in [-0.2, 0) is 6.54 Å². The van der Waals surface area contributed by atoms with Gasteiger partial charge in [0.15, 0.2) is 0 Å². The van der Waals surface area contributed by atoms with Crippen molar-refractivity contribution in [1.82, 2.24) is 10.5 Å². The van der Waals surface area contributed by atoms with Gasteiger partial charge < -0.3 is 9.84 Å². The molecule has 0 unspecified atom stereocenters. The zero-order chi connectivity index (χ0) is 13.1. The van der Waals surface area contributed by atoms with E-state index in [1.807, 2.05) is 18.7 Å². The molecule has 19 heavy (non-hydrogen) atoms. The van der Waals surface area contributed by atoms with Gasteiger partial charge in [0.05, 0.1) is 0 Å². The third kappa shape index (κ3) is 3.19. The fourth-order valence-electron chi connectivity index (χ4n) is 2.24. The van der Waals surface area contributed by atoms with Crippen LogP contribution >= 0.6 is 11.8 Å². The van der Waals surface area contributed by atoms with E-state index in [0.29, 0.717) is 6.04 Å². The van der Waals surface area contributed by atoms with Gasteiger partial charge in [-0.3, -0.25) is 0 Å². The van der Waals surface area contributed by atoms with Crippen LogP contribution in [0.5, 0.6) is 0 Å². The van der Waals surface area contributed by atoms with E-state index in [1.54, 1.807) is 6.26 Å². The lowest BCUT2D eigenvalue weighted by Crippen LogP contribution is -2.42. The van der Waals surface area contributed by atoms with Crippen LogP contribution in [0.15, 0.2) is 46.0 Å². The summed E-state index contributed by atoms with van der Waals surface area (Å²) in [5.74, 6) is 0. The highest BCUT2D eigenvalue weighted by atomic mass is 32.2. The normalized spacial score (nSPS) is 22.2. The van der Waals surface area contributed by atoms with E-state index >= 15 is 0 Å². The Morgan fingerprint density at radius 1 is 1.32 bits per heavy atom. The van der Waals surface area contributed by atoms with Crippen LogP contribution in [0.25, 0.3) is 0 Å². The number of benzene rings is 1. The molecule has 100 valence electrons. The summed E-state index contributed by atoms with van der Waals surface area (Å²) < 4.78 is 4.94. The minimum atomic E-state index is 0.623. The summed E-state index contributed by atoms with van der Waals surface area (Å²) in [6.07, 6.45) is 4.17. The van der Waals surface area contributed by atoms with Crippen LogP contribution in [0.2, 0.25) is 0 Å². The molecule has 1 aliphatic rings. The van der Waals surface area contributed by atoms with Crippen molar-refractivity contribution >= 4 is 11.8 Å². The van der Waals surface area contributed by atoms with Gasteiger partial charge in [0.25, 0.3) is 0 Å². The molecule has 3 nitrogen and oxygen atoms in total. The molecule has 1 N–H and O–H groups in total. The van der Waals surface area contributed by atoms with E-state index in [0.717, 1.165) is 23.1 Å². The molecule has 3 rings (SSSR count). The average Bonchev–Trinajstić information content (AvgIpc) is 2.79. The van der Waals surface area contributed by atoms with Gasteiger partial charge in [0, 0.05) is 28.3 Å². The predicted molar refractivity (Wildman–Crippen MR) is 77.2 cm³/mol. The molecular formula is C15H18N2OS. The van der Waals surface area contributed by atoms with Gasteiger partial charge in [-0.1, -0.05) is 23.4 Å². The predicted octanol–water partition coefficient (Wildman–Crippen LogP) is 3.40. The standard InChI is InChI=1S/C15H18N2OS/c1-11-10-18-17-15(11)9-16-12-7-14(8-12)19-13-5-3-2-4-6-13/h2-6,10,12,14,16H,7-9H2,1H3. The van der Waals surface area contributed by atoms with Crippen LogP contribution in [0, 0.1) is 6.92 Å². The van der Waals surface area contributed by atoms with Gasteiger partial charge in [0.2, 0.25) is 0 Å². The number of rotatable bonds is 5. The molecule has 0 bridgehead atoms.